The highest BCUT2D eigenvalue weighted by molar-refractivity contribution is 6.31. The van der Waals surface area contributed by atoms with E-state index in [-0.39, 0.29) is 11.7 Å². The molecular weight excluding hydrogens is 203 g/mol. The Labute approximate surface area is 87.5 Å². The predicted octanol–water partition coefficient (Wildman–Crippen LogP) is 3.17. The molecule has 1 nitrogen and oxygen atoms in total. The van der Waals surface area contributed by atoms with E-state index in [4.69, 9.17) is 11.6 Å². The van der Waals surface area contributed by atoms with E-state index >= 15 is 0 Å². The molecule has 1 aliphatic carbocycles. The molecule has 14 heavy (non-hydrogen) atoms. The van der Waals surface area contributed by atoms with Gasteiger partial charge in [-0.2, -0.15) is 0 Å². The zero-order valence-corrected chi connectivity index (χ0v) is 8.63. The van der Waals surface area contributed by atoms with E-state index in [0.717, 1.165) is 6.42 Å². The summed E-state index contributed by atoms with van der Waals surface area (Å²) in [7, 11) is 0. The summed E-state index contributed by atoms with van der Waals surface area (Å²) < 4.78 is 12.9. The topological polar surface area (TPSA) is 20.2 Å². The fraction of sp³-hybridized carbons (Fsp3) is 0.455. The number of benzene rings is 1. The first-order chi connectivity index (χ1) is 6.59. The highest BCUT2D eigenvalue weighted by Crippen LogP contribution is 2.48. The molecule has 1 saturated carbocycles. The van der Waals surface area contributed by atoms with E-state index in [9.17, 15) is 9.50 Å². The molecule has 3 heteroatoms. The van der Waals surface area contributed by atoms with Gasteiger partial charge in [0, 0.05) is 10.6 Å². The Balaban J connectivity index is 2.26. The quantitative estimate of drug-likeness (QED) is 0.802. The second-order valence-corrected chi connectivity index (χ2v) is 4.39. The van der Waals surface area contributed by atoms with Gasteiger partial charge in [0.2, 0.25) is 0 Å². The lowest BCUT2D eigenvalue weighted by Crippen LogP contribution is -2.02. The summed E-state index contributed by atoms with van der Waals surface area (Å²) in [6, 6.07) is 4.11. The molecule has 3 atom stereocenters. The van der Waals surface area contributed by atoms with Crippen LogP contribution in [0, 0.1) is 17.7 Å². The van der Waals surface area contributed by atoms with E-state index in [1.54, 1.807) is 0 Å². The second kappa shape index (κ2) is 3.52. The maximum atomic E-state index is 12.9. The largest absolute Gasteiger partial charge is 0.388 e. The minimum Gasteiger partial charge on any atom is -0.388 e. The molecule has 0 saturated heterocycles. The highest BCUT2D eigenvalue weighted by Gasteiger charge is 2.40. The van der Waals surface area contributed by atoms with Crippen molar-refractivity contribution in [2.24, 2.45) is 11.8 Å². The summed E-state index contributed by atoms with van der Waals surface area (Å²) in [5.41, 5.74) is 0.515. The average Bonchev–Trinajstić information content (AvgIpc) is 2.86. The number of hydrogen-bond acceptors (Lipinski definition) is 1. The fourth-order valence-electron chi connectivity index (χ4n) is 1.76. The zero-order chi connectivity index (χ0) is 10.3. The summed E-state index contributed by atoms with van der Waals surface area (Å²) in [6.45, 7) is 2.07. The smallest absolute Gasteiger partial charge is 0.123 e. The van der Waals surface area contributed by atoms with Gasteiger partial charge in [-0.3, -0.25) is 0 Å². The standard InChI is InChI=1S/C11H12ClFO/c1-6-4-8(6)11(14)9-5-7(13)2-3-10(9)12/h2-3,5-6,8,11,14H,4H2,1H3. The van der Waals surface area contributed by atoms with Gasteiger partial charge >= 0.3 is 0 Å². The monoisotopic (exact) mass is 214 g/mol. The zero-order valence-electron chi connectivity index (χ0n) is 7.87. The van der Waals surface area contributed by atoms with Gasteiger partial charge in [-0.05, 0) is 36.5 Å². The van der Waals surface area contributed by atoms with Gasteiger partial charge in [0.1, 0.15) is 5.82 Å². The van der Waals surface area contributed by atoms with Gasteiger partial charge in [-0.15, -0.1) is 0 Å². The SMILES string of the molecule is CC1CC1C(O)c1cc(F)ccc1Cl. The summed E-state index contributed by atoms with van der Waals surface area (Å²) in [5, 5.41) is 10.3. The van der Waals surface area contributed by atoms with Crippen LogP contribution in [0.3, 0.4) is 0 Å². The van der Waals surface area contributed by atoms with Crippen LogP contribution in [0.5, 0.6) is 0 Å². The molecule has 0 aliphatic heterocycles. The molecule has 1 aromatic carbocycles. The van der Waals surface area contributed by atoms with Gasteiger partial charge in [-0.1, -0.05) is 18.5 Å². The summed E-state index contributed by atoms with van der Waals surface area (Å²) in [6.07, 6.45) is 0.377. The third-order valence-electron chi connectivity index (χ3n) is 2.85. The normalized spacial score (nSPS) is 27.4. The van der Waals surface area contributed by atoms with Crippen molar-refractivity contribution in [1.29, 1.82) is 0 Å². The summed E-state index contributed by atoms with van der Waals surface area (Å²) >= 11 is 5.88. The van der Waals surface area contributed by atoms with E-state index in [1.807, 2.05) is 0 Å². The van der Waals surface area contributed by atoms with E-state index < -0.39 is 6.10 Å². The van der Waals surface area contributed by atoms with Crippen LogP contribution >= 0.6 is 11.6 Å². The Morgan fingerprint density at radius 2 is 2.21 bits per heavy atom. The Hall–Kier alpha value is -0.600. The molecule has 0 radical (unpaired) electrons. The lowest BCUT2D eigenvalue weighted by molar-refractivity contribution is 0.148. The van der Waals surface area contributed by atoms with Crippen LogP contribution < -0.4 is 0 Å². The van der Waals surface area contributed by atoms with E-state index in [0.29, 0.717) is 16.5 Å². The van der Waals surface area contributed by atoms with E-state index in [1.165, 1.54) is 18.2 Å². The molecule has 0 amide bonds. The second-order valence-electron chi connectivity index (χ2n) is 3.99. The molecule has 76 valence electrons. The van der Waals surface area contributed by atoms with Gasteiger partial charge in [0.15, 0.2) is 0 Å². The van der Waals surface area contributed by atoms with Crippen molar-refractivity contribution in [2.45, 2.75) is 19.4 Å². The van der Waals surface area contributed by atoms with Crippen LogP contribution in [-0.4, -0.2) is 5.11 Å². The Morgan fingerprint density at radius 3 is 2.79 bits per heavy atom. The first kappa shape index (κ1) is 9.94. The predicted molar refractivity (Wildman–Crippen MR) is 53.6 cm³/mol. The van der Waals surface area contributed by atoms with Gasteiger partial charge in [-0.25, -0.2) is 4.39 Å². The number of aliphatic hydroxyl groups is 1. The van der Waals surface area contributed by atoms with Crippen molar-refractivity contribution in [1.82, 2.24) is 0 Å². The molecule has 0 bridgehead atoms. The van der Waals surface area contributed by atoms with Crippen molar-refractivity contribution in [3.05, 3.63) is 34.6 Å². The molecule has 1 fully saturated rings. The first-order valence-electron chi connectivity index (χ1n) is 4.72. The lowest BCUT2D eigenvalue weighted by Gasteiger charge is -2.11. The molecule has 3 unspecified atom stereocenters. The minimum atomic E-state index is -0.617. The molecule has 0 aromatic heterocycles. The van der Waals surface area contributed by atoms with Crippen molar-refractivity contribution in [3.8, 4) is 0 Å². The van der Waals surface area contributed by atoms with Crippen molar-refractivity contribution in [2.75, 3.05) is 0 Å². The van der Waals surface area contributed by atoms with E-state index in [2.05, 4.69) is 6.92 Å². The molecule has 0 spiro atoms. The number of aliphatic hydroxyl groups excluding tert-OH is 1. The fourth-order valence-corrected chi connectivity index (χ4v) is 1.99. The van der Waals surface area contributed by atoms with Crippen molar-refractivity contribution >= 4 is 11.6 Å². The summed E-state index contributed by atoms with van der Waals surface area (Å²) in [5.74, 6) is 0.412. The van der Waals surface area contributed by atoms with Crippen LogP contribution in [0.4, 0.5) is 4.39 Å². The maximum Gasteiger partial charge on any atom is 0.123 e. The van der Waals surface area contributed by atoms with Gasteiger partial charge in [0.25, 0.3) is 0 Å². The number of hydrogen-bond donors (Lipinski definition) is 1. The van der Waals surface area contributed by atoms with Crippen LogP contribution in [0.15, 0.2) is 18.2 Å². The van der Waals surface area contributed by atoms with Crippen LogP contribution in [0.2, 0.25) is 5.02 Å². The molecule has 2 rings (SSSR count). The number of rotatable bonds is 2. The minimum absolute atomic E-state index is 0.245. The first-order valence-corrected chi connectivity index (χ1v) is 5.10. The third-order valence-corrected chi connectivity index (χ3v) is 3.20. The molecule has 1 N–H and O–H groups in total. The van der Waals surface area contributed by atoms with Crippen LogP contribution in [0.1, 0.15) is 25.0 Å². The Kier molecular flexibility index (Phi) is 2.50. The van der Waals surface area contributed by atoms with Gasteiger partial charge < -0.3 is 5.11 Å². The lowest BCUT2D eigenvalue weighted by atomic mass is 10.0. The third kappa shape index (κ3) is 1.77. The number of halogens is 2. The Morgan fingerprint density at radius 1 is 1.57 bits per heavy atom. The maximum absolute atomic E-state index is 12.9. The molecular formula is C11H12ClFO. The molecule has 1 aromatic rings. The van der Waals surface area contributed by atoms with Crippen molar-refractivity contribution in [3.63, 3.8) is 0 Å². The molecule has 0 heterocycles. The van der Waals surface area contributed by atoms with Gasteiger partial charge in [0.05, 0.1) is 6.10 Å². The van der Waals surface area contributed by atoms with Crippen molar-refractivity contribution < 1.29 is 9.50 Å². The molecule has 1 aliphatic rings. The van der Waals surface area contributed by atoms with Crippen LogP contribution in [0.25, 0.3) is 0 Å². The average molecular weight is 215 g/mol. The summed E-state index contributed by atoms with van der Waals surface area (Å²) in [4.78, 5) is 0. The highest BCUT2D eigenvalue weighted by atomic mass is 35.5. The van der Waals surface area contributed by atoms with Crippen LogP contribution in [-0.2, 0) is 0 Å². The Bertz CT molecular complexity index is 353.